The van der Waals surface area contributed by atoms with Crippen LogP contribution in [0.1, 0.15) is 28.8 Å². The van der Waals surface area contributed by atoms with Crippen LogP contribution in [0.25, 0.3) is 0 Å². The van der Waals surface area contributed by atoms with Crippen molar-refractivity contribution >= 4 is 23.2 Å². The van der Waals surface area contributed by atoms with Crippen LogP contribution in [0.4, 0.5) is 20.2 Å². The fourth-order valence-corrected chi connectivity index (χ4v) is 3.47. The molecule has 1 fully saturated rings. The molecule has 2 aromatic carbocycles. The Morgan fingerprint density at radius 2 is 1.96 bits per heavy atom. The van der Waals surface area contributed by atoms with Crippen molar-refractivity contribution < 1.29 is 23.1 Å². The Labute approximate surface area is 154 Å². The molecule has 2 aromatic rings. The Bertz CT molecular complexity index is 910. The van der Waals surface area contributed by atoms with E-state index >= 15 is 0 Å². The molecule has 5 nitrogen and oxygen atoms in total. The molecule has 2 aliphatic rings. The summed E-state index contributed by atoms with van der Waals surface area (Å²) in [4.78, 5) is 26.7. The van der Waals surface area contributed by atoms with Gasteiger partial charge >= 0.3 is 0 Å². The van der Waals surface area contributed by atoms with Crippen LogP contribution < -0.4 is 10.2 Å². The van der Waals surface area contributed by atoms with Crippen molar-refractivity contribution in [1.82, 2.24) is 0 Å². The van der Waals surface area contributed by atoms with Crippen molar-refractivity contribution in [3.05, 3.63) is 59.2 Å². The number of fused-ring (bicyclic) bond motifs is 1. The Hall–Kier alpha value is -2.80. The first-order valence-electron chi connectivity index (χ1n) is 8.85. The van der Waals surface area contributed by atoms with Crippen molar-refractivity contribution in [3.63, 3.8) is 0 Å². The fourth-order valence-electron chi connectivity index (χ4n) is 3.47. The maximum Gasteiger partial charge on any atom is 0.256 e. The summed E-state index contributed by atoms with van der Waals surface area (Å²) >= 11 is 0. The average molecular weight is 372 g/mol. The predicted molar refractivity (Wildman–Crippen MR) is 95.8 cm³/mol. The second-order valence-electron chi connectivity index (χ2n) is 6.67. The molecule has 1 saturated heterocycles. The molecule has 27 heavy (non-hydrogen) atoms. The second kappa shape index (κ2) is 7.08. The van der Waals surface area contributed by atoms with Crippen LogP contribution in [-0.2, 0) is 16.0 Å². The van der Waals surface area contributed by atoms with Gasteiger partial charge in [0.05, 0.1) is 0 Å². The van der Waals surface area contributed by atoms with Gasteiger partial charge in [-0.05, 0) is 55.2 Å². The molecule has 7 heteroatoms. The van der Waals surface area contributed by atoms with Crippen molar-refractivity contribution in [2.45, 2.75) is 25.4 Å². The molecule has 0 aromatic heterocycles. The SMILES string of the molecule is O=C(Nc1ccc2c(c1)N(C(=O)C1CCCO1)CC2)c1ccc(F)c(F)c1. The zero-order chi connectivity index (χ0) is 19.0. The van der Waals surface area contributed by atoms with Gasteiger partial charge in [-0.2, -0.15) is 0 Å². The highest BCUT2D eigenvalue weighted by atomic mass is 19.2. The molecule has 0 spiro atoms. The summed E-state index contributed by atoms with van der Waals surface area (Å²) in [6.45, 7) is 1.18. The van der Waals surface area contributed by atoms with Crippen molar-refractivity contribution in [2.75, 3.05) is 23.4 Å². The summed E-state index contributed by atoms with van der Waals surface area (Å²) in [5, 5.41) is 2.67. The average Bonchev–Trinajstić information content (AvgIpc) is 3.33. The molecule has 1 unspecified atom stereocenters. The number of nitrogens with zero attached hydrogens (tertiary/aromatic N) is 1. The lowest BCUT2D eigenvalue weighted by Gasteiger charge is -2.21. The molecule has 0 saturated carbocycles. The number of ether oxygens (including phenoxy) is 1. The molecule has 0 radical (unpaired) electrons. The topological polar surface area (TPSA) is 58.6 Å². The minimum Gasteiger partial charge on any atom is -0.368 e. The molecule has 0 bridgehead atoms. The van der Waals surface area contributed by atoms with Crippen LogP contribution in [0.3, 0.4) is 0 Å². The Morgan fingerprint density at radius 1 is 1.11 bits per heavy atom. The van der Waals surface area contributed by atoms with Crippen LogP contribution in [0, 0.1) is 11.6 Å². The normalized spacial score (nSPS) is 18.4. The van der Waals surface area contributed by atoms with Crippen molar-refractivity contribution in [1.29, 1.82) is 0 Å². The predicted octanol–water partition coefficient (Wildman–Crippen LogP) is 3.29. The molecule has 1 N–H and O–H groups in total. The van der Waals surface area contributed by atoms with E-state index in [1.165, 1.54) is 6.07 Å². The van der Waals surface area contributed by atoms with E-state index in [0.717, 1.165) is 42.6 Å². The first-order chi connectivity index (χ1) is 13.0. The molecule has 1 atom stereocenters. The zero-order valence-electron chi connectivity index (χ0n) is 14.5. The number of nitrogens with one attached hydrogen (secondary N) is 1. The smallest absolute Gasteiger partial charge is 0.256 e. The van der Waals surface area contributed by atoms with Gasteiger partial charge in [-0.15, -0.1) is 0 Å². The summed E-state index contributed by atoms with van der Waals surface area (Å²) in [6.07, 6.45) is 1.93. The lowest BCUT2D eigenvalue weighted by molar-refractivity contribution is -0.127. The summed E-state index contributed by atoms with van der Waals surface area (Å²) in [5.41, 5.74) is 2.27. The van der Waals surface area contributed by atoms with E-state index in [1.54, 1.807) is 17.0 Å². The molecule has 140 valence electrons. The number of carbonyl (C=O) groups excluding carboxylic acids is 2. The monoisotopic (exact) mass is 372 g/mol. The van der Waals surface area contributed by atoms with Gasteiger partial charge in [0.15, 0.2) is 11.6 Å². The van der Waals surface area contributed by atoms with E-state index in [1.807, 2.05) is 6.07 Å². The van der Waals surface area contributed by atoms with Gasteiger partial charge < -0.3 is 15.0 Å². The lowest BCUT2D eigenvalue weighted by atomic mass is 10.1. The van der Waals surface area contributed by atoms with Crippen LogP contribution in [0.5, 0.6) is 0 Å². The minimum atomic E-state index is -1.08. The number of halogens is 2. The highest BCUT2D eigenvalue weighted by Crippen LogP contribution is 2.32. The van der Waals surface area contributed by atoms with Gasteiger partial charge in [-0.1, -0.05) is 6.07 Å². The van der Waals surface area contributed by atoms with Crippen LogP contribution in [0.2, 0.25) is 0 Å². The molecule has 0 aliphatic carbocycles. The van der Waals surface area contributed by atoms with Gasteiger partial charge in [-0.3, -0.25) is 9.59 Å². The zero-order valence-corrected chi connectivity index (χ0v) is 14.5. The third kappa shape index (κ3) is 3.42. The van der Waals surface area contributed by atoms with Crippen LogP contribution >= 0.6 is 0 Å². The number of amides is 2. The highest BCUT2D eigenvalue weighted by Gasteiger charge is 2.32. The minimum absolute atomic E-state index is 0.0155. The summed E-state index contributed by atoms with van der Waals surface area (Å²) in [6, 6.07) is 8.30. The maximum atomic E-state index is 13.3. The lowest BCUT2D eigenvalue weighted by Crippen LogP contribution is -2.37. The number of hydrogen-bond acceptors (Lipinski definition) is 3. The summed E-state index contributed by atoms with van der Waals surface area (Å²) < 4.78 is 31.9. The summed E-state index contributed by atoms with van der Waals surface area (Å²) in [5.74, 6) is -2.70. The van der Waals surface area contributed by atoms with Gasteiger partial charge in [0.1, 0.15) is 6.10 Å². The van der Waals surface area contributed by atoms with Crippen molar-refractivity contribution in [2.24, 2.45) is 0 Å². The van der Waals surface area contributed by atoms with E-state index in [9.17, 15) is 18.4 Å². The fraction of sp³-hybridized carbons (Fsp3) is 0.300. The van der Waals surface area contributed by atoms with E-state index in [0.29, 0.717) is 18.8 Å². The van der Waals surface area contributed by atoms with Gasteiger partial charge in [0.2, 0.25) is 0 Å². The first-order valence-corrected chi connectivity index (χ1v) is 8.85. The van der Waals surface area contributed by atoms with Gasteiger partial charge in [-0.25, -0.2) is 8.78 Å². The molecule has 2 aliphatic heterocycles. The Balaban J connectivity index is 1.53. The third-order valence-electron chi connectivity index (χ3n) is 4.89. The Kier molecular flexibility index (Phi) is 4.61. The van der Waals surface area contributed by atoms with Crippen LogP contribution in [-0.4, -0.2) is 31.1 Å². The molecule has 4 rings (SSSR count). The molecule has 2 amide bonds. The van der Waals surface area contributed by atoms with Crippen LogP contribution in [0.15, 0.2) is 36.4 Å². The Morgan fingerprint density at radius 3 is 2.70 bits per heavy atom. The number of carbonyl (C=O) groups is 2. The second-order valence-corrected chi connectivity index (χ2v) is 6.67. The van der Waals surface area contributed by atoms with E-state index < -0.39 is 23.6 Å². The first kappa shape index (κ1) is 17.6. The number of benzene rings is 2. The molecular formula is C20H18F2N2O3. The number of rotatable bonds is 3. The van der Waals surface area contributed by atoms with E-state index in [-0.39, 0.29) is 11.5 Å². The summed E-state index contributed by atoms with van der Waals surface area (Å²) in [7, 11) is 0. The van der Waals surface area contributed by atoms with E-state index in [2.05, 4.69) is 5.32 Å². The number of anilines is 2. The maximum absolute atomic E-state index is 13.3. The van der Waals surface area contributed by atoms with Gasteiger partial charge in [0.25, 0.3) is 11.8 Å². The molecule has 2 heterocycles. The van der Waals surface area contributed by atoms with Gasteiger partial charge in [0, 0.05) is 30.1 Å². The largest absolute Gasteiger partial charge is 0.368 e. The third-order valence-corrected chi connectivity index (χ3v) is 4.89. The highest BCUT2D eigenvalue weighted by molar-refractivity contribution is 6.05. The standard InChI is InChI=1S/C20H18F2N2O3/c21-15-6-4-13(10-16(15)22)19(25)23-14-5-3-12-7-8-24(17(12)11-14)20(26)18-2-1-9-27-18/h3-6,10-11,18H,1-2,7-9H2,(H,23,25). The van der Waals surface area contributed by atoms with Crippen molar-refractivity contribution in [3.8, 4) is 0 Å². The van der Waals surface area contributed by atoms with E-state index in [4.69, 9.17) is 4.74 Å². The quantitative estimate of drug-likeness (QED) is 0.900. The molecular weight excluding hydrogens is 354 g/mol. The number of hydrogen-bond donors (Lipinski definition) is 1.